The lowest BCUT2D eigenvalue weighted by Crippen LogP contribution is -2.32. The van der Waals surface area contributed by atoms with Crippen molar-refractivity contribution in [3.8, 4) is 11.4 Å². The van der Waals surface area contributed by atoms with Gasteiger partial charge in [0.15, 0.2) is 5.52 Å². The first-order valence-corrected chi connectivity index (χ1v) is 6.90. The second kappa shape index (κ2) is 4.71. The van der Waals surface area contributed by atoms with Crippen molar-refractivity contribution >= 4 is 10.9 Å². The molecule has 0 aliphatic rings. The van der Waals surface area contributed by atoms with Gasteiger partial charge in [0.25, 0.3) is 0 Å². The van der Waals surface area contributed by atoms with Gasteiger partial charge in [-0.3, -0.25) is 0 Å². The number of fused-ring (bicyclic) bond motifs is 1. The van der Waals surface area contributed by atoms with E-state index in [2.05, 4.69) is 62.8 Å². The van der Waals surface area contributed by atoms with Crippen LogP contribution in [0.1, 0.15) is 16.7 Å². The Hall–Kier alpha value is -2.22. The Bertz CT molecular complexity index is 804. The highest BCUT2D eigenvalue weighted by atomic mass is 15.0. The monoisotopic (exact) mass is 263 g/mol. The Kier molecular flexibility index (Phi) is 3.01. The largest absolute Gasteiger partial charge is 0.331 e. The summed E-state index contributed by atoms with van der Waals surface area (Å²) in [6, 6.07) is 12.7. The van der Waals surface area contributed by atoms with E-state index in [0.29, 0.717) is 0 Å². The summed E-state index contributed by atoms with van der Waals surface area (Å²) in [4.78, 5) is 4.85. The van der Waals surface area contributed by atoms with Gasteiger partial charge in [0.1, 0.15) is 6.20 Å². The number of aryl methyl sites for hydroxylation is 3. The van der Waals surface area contributed by atoms with Crippen LogP contribution in [0.25, 0.3) is 22.3 Å². The smallest absolute Gasteiger partial charge is 0.232 e. The minimum Gasteiger partial charge on any atom is -0.232 e. The number of para-hydroxylation sites is 1. The number of nitrogens with zero attached hydrogens (tertiary/aromatic N) is 2. The predicted molar refractivity (Wildman–Crippen MR) is 82.6 cm³/mol. The molecule has 3 rings (SSSR count). The second-order valence-corrected chi connectivity index (χ2v) is 5.49. The predicted octanol–water partition coefficient (Wildman–Crippen LogP) is 3.65. The maximum Gasteiger partial charge on any atom is 0.331 e. The van der Waals surface area contributed by atoms with E-state index in [0.717, 1.165) is 11.3 Å². The summed E-state index contributed by atoms with van der Waals surface area (Å²) in [5, 5.41) is 1.17. The van der Waals surface area contributed by atoms with Gasteiger partial charge >= 0.3 is 5.82 Å². The summed E-state index contributed by atoms with van der Waals surface area (Å²) in [6.07, 6.45) is 2.15. The molecule has 3 aromatic rings. The van der Waals surface area contributed by atoms with Crippen LogP contribution in [0.3, 0.4) is 0 Å². The van der Waals surface area contributed by atoms with E-state index in [1.165, 1.54) is 27.6 Å². The van der Waals surface area contributed by atoms with Gasteiger partial charge < -0.3 is 0 Å². The lowest BCUT2D eigenvalue weighted by Gasteiger charge is -2.08. The fourth-order valence-corrected chi connectivity index (χ4v) is 2.68. The van der Waals surface area contributed by atoms with E-state index in [1.807, 2.05) is 12.1 Å². The van der Waals surface area contributed by atoms with E-state index in [4.69, 9.17) is 4.98 Å². The number of rotatable bonds is 1. The molecular weight excluding hydrogens is 244 g/mol. The number of hydrogen-bond donors (Lipinski definition) is 0. The van der Waals surface area contributed by atoms with Crippen molar-refractivity contribution in [2.45, 2.75) is 20.8 Å². The van der Waals surface area contributed by atoms with Crippen LogP contribution < -0.4 is 4.57 Å². The maximum absolute atomic E-state index is 4.85. The van der Waals surface area contributed by atoms with E-state index in [9.17, 15) is 0 Å². The first-order valence-electron chi connectivity index (χ1n) is 6.90. The van der Waals surface area contributed by atoms with Crippen molar-refractivity contribution < 1.29 is 4.57 Å². The molecule has 1 heterocycles. The number of benzene rings is 2. The van der Waals surface area contributed by atoms with Crippen molar-refractivity contribution in [1.29, 1.82) is 0 Å². The molecule has 0 fully saturated rings. The van der Waals surface area contributed by atoms with Crippen LogP contribution in [0.5, 0.6) is 0 Å². The SMILES string of the molecule is Cc1cc(C)c(C)c(-c2nc3ccccc3c[n+]2C)c1. The number of hydrogen-bond acceptors (Lipinski definition) is 1. The van der Waals surface area contributed by atoms with Crippen LogP contribution in [0.2, 0.25) is 0 Å². The lowest BCUT2D eigenvalue weighted by molar-refractivity contribution is -0.661. The van der Waals surface area contributed by atoms with Crippen LogP contribution >= 0.6 is 0 Å². The third-order valence-corrected chi connectivity index (χ3v) is 3.88. The molecule has 2 aromatic carbocycles. The molecule has 2 nitrogen and oxygen atoms in total. The first kappa shape index (κ1) is 12.8. The van der Waals surface area contributed by atoms with Crippen LogP contribution in [-0.4, -0.2) is 4.98 Å². The van der Waals surface area contributed by atoms with Gasteiger partial charge in [-0.15, -0.1) is 0 Å². The van der Waals surface area contributed by atoms with Gasteiger partial charge in [0, 0.05) is 0 Å². The zero-order chi connectivity index (χ0) is 14.3. The molecule has 20 heavy (non-hydrogen) atoms. The van der Waals surface area contributed by atoms with E-state index in [-0.39, 0.29) is 0 Å². The fourth-order valence-electron chi connectivity index (χ4n) is 2.68. The normalized spacial score (nSPS) is 11.0. The lowest BCUT2D eigenvalue weighted by atomic mass is 9.99. The molecule has 100 valence electrons. The molecule has 0 N–H and O–H groups in total. The molecule has 2 heteroatoms. The van der Waals surface area contributed by atoms with Crippen LogP contribution in [-0.2, 0) is 7.05 Å². The summed E-state index contributed by atoms with van der Waals surface area (Å²) in [5.74, 6) is 1.02. The molecule has 0 saturated carbocycles. The Morgan fingerprint density at radius 2 is 1.75 bits per heavy atom. The van der Waals surface area contributed by atoms with Crippen molar-refractivity contribution in [3.05, 3.63) is 59.3 Å². The maximum atomic E-state index is 4.85. The molecule has 0 radical (unpaired) electrons. The topological polar surface area (TPSA) is 16.8 Å². The molecule has 0 atom stereocenters. The highest BCUT2D eigenvalue weighted by Gasteiger charge is 2.18. The molecule has 0 amide bonds. The third-order valence-electron chi connectivity index (χ3n) is 3.88. The van der Waals surface area contributed by atoms with Crippen molar-refractivity contribution in [1.82, 2.24) is 4.98 Å². The summed E-state index contributed by atoms with van der Waals surface area (Å²) < 4.78 is 2.11. The molecular formula is C18H19N2+. The minimum absolute atomic E-state index is 1.02. The fraction of sp³-hybridized carbons (Fsp3) is 0.222. The summed E-state index contributed by atoms with van der Waals surface area (Å²) in [5.41, 5.74) is 6.15. The molecule has 0 unspecified atom stereocenters. The molecule has 1 aromatic heterocycles. The summed E-state index contributed by atoms with van der Waals surface area (Å²) in [6.45, 7) is 6.46. The van der Waals surface area contributed by atoms with Crippen molar-refractivity contribution in [2.24, 2.45) is 7.05 Å². The zero-order valence-electron chi connectivity index (χ0n) is 12.4. The van der Waals surface area contributed by atoms with Gasteiger partial charge in [-0.2, -0.15) is 0 Å². The van der Waals surface area contributed by atoms with Gasteiger partial charge in [0.2, 0.25) is 0 Å². The van der Waals surface area contributed by atoms with E-state index >= 15 is 0 Å². The quantitative estimate of drug-likeness (QED) is 0.612. The minimum atomic E-state index is 1.02. The Labute approximate surface area is 119 Å². The van der Waals surface area contributed by atoms with Gasteiger partial charge in [-0.1, -0.05) is 18.2 Å². The second-order valence-electron chi connectivity index (χ2n) is 5.49. The van der Waals surface area contributed by atoms with E-state index in [1.54, 1.807) is 0 Å². The van der Waals surface area contributed by atoms with Gasteiger partial charge in [-0.25, -0.2) is 4.57 Å². The van der Waals surface area contributed by atoms with Crippen LogP contribution in [0.4, 0.5) is 0 Å². The Morgan fingerprint density at radius 1 is 1.00 bits per heavy atom. The van der Waals surface area contributed by atoms with Crippen molar-refractivity contribution in [2.75, 3.05) is 0 Å². The molecule has 0 spiro atoms. The molecule has 0 bridgehead atoms. The van der Waals surface area contributed by atoms with E-state index < -0.39 is 0 Å². The first-order chi connectivity index (χ1) is 9.56. The average molecular weight is 263 g/mol. The zero-order valence-corrected chi connectivity index (χ0v) is 12.4. The average Bonchev–Trinajstić information content (AvgIpc) is 2.42. The molecule has 0 aliphatic carbocycles. The number of aromatic nitrogens is 2. The van der Waals surface area contributed by atoms with Gasteiger partial charge in [-0.05, 0) is 60.6 Å². The Morgan fingerprint density at radius 3 is 2.55 bits per heavy atom. The van der Waals surface area contributed by atoms with Crippen LogP contribution in [0, 0.1) is 20.8 Å². The summed E-state index contributed by atoms with van der Waals surface area (Å²) in [7, 11) is 2.06. The summed E-state index contributed by atoms with van der Waals surface area (Å²) >= 11 is 0. The Balaban J connectivity index is 2.32. The highest BCUT2D eigenvalue weighted by molar-refractivity contribution is 5.78. The molecule has 0 aliphatic heterocycles. The van der Waals surface area contributed by atoms with Crippen molar-refractivity contribution in [3.63, 3.8) is 0 Å². The van der Waals surface area contributed by atoms with Gasteiger partial charge in [0.05, 0.1) is 18.0 Å². The highest BCUT2D eigenvalue weighted by Crippen LogP contribution is 2.24. The third kappa shape index (κ3) is 2.07. The van der Waals surface area contributed by atoms with Crippen LogP contribution in [0.15, 0.2) is 42.6 Å². The molecule has 0 saturated heterocycles. The standard InChI is InChI=1S/C18H19N2/c1-12-9-13(2)14(3)16(10-12)18-19-17-8-6-5-7-15(17)11-20(18)4/h5-11H,1-4H3/q+1.